The van der Waals surface area contributed by atoms with E-state index in [9.17, 15) is 4.79 Å². The number of hydrogen-bond acceptors (Lipinski definition) is 4. The van der Waals surface area contributed by atoms with Crippen molar-refractivity contribution in [3.63, 3.8) is 0 Å². The van der Waals surface area contributed by atoms with Crippen LogP contribution in [0.3, 0.4) is 0 Å². The molecule has 2 rings (SSSR count). The lowest BCUT2D eigenvalue weighted by Crippen LogP contribution is -2.56. The number of carbonyl (C=O) groups is 1. The van der Waals surface area contributed by atoms with E-state index in [0.717, 1.165) is 25.7 Å². The maximum Gasteiger partial charge on any atom is 0.240 e. The van der Waals surface area contributed by atoms with Crippen LogP contribution < -0.4 is 11.1 Å². The van der Waals surface area contributed by atoms with E-state index in [1.165, 1.54) is 6.42 Å². The Balaban J connectivity index is 1.75. The average molecular weight is 242 g/mol. The van der Waals surface area contributed by atoms with Crippen LogP contribution >= 0.6 is 0 Å². The van der Waals surface area contributed by atoms with E-state index >= 15 is 0 Å². The lowest BCUT2D eigenvalue weighted by molar-refractivity contribution is -0.130. The van der Waals surface area contributed by atoms with Crippen LogP contribution in [0.4, 0.5) is 0 Å². The Kier molecular flexibility index (Phi) is 4.36. The predicted octanol–water partition coefficient (Wildman–Crippen LogP) is 0.180. The molecule has 5 heteroatoms. The monoisotopic (exact) mass is 242 g/mol. The molecule has 1 heterocycles. The fourth-order valence-corrected chi connectivity index (χ4v) is 2.45. The molecule has 2 aliphatic rings. The van der Waals surface area contributed by atoms with Gasteiger partial charge in [-0.25, -0.2) is 0 Å². The first-order valence-electron chi connectivity index (χ1n) is 6.47. The van der Waals surface area contributed by atoms with Gasteiger partial charge in [0.05, 0.1) is 31.5 Å². The highest BCUT2D eigenvalue weighted by atomic mass is 16.6. The van der Waals surface area contributed by atoms with Gasteiger partial charge in [-0.2, -0.15) is 0 Å². The highest BCUT2D eigenvalue weighted by Crippen LogP contribution is 2.25. The first-order valence-corrected chi connectivity index (χ1v) is 6.47. The normalized spacial score (nSPS) is 28.6. The molecule has 1 aliphatic carbocycles. The van der Waals surface area contributed by atoms with Gasteiger partial charge in [0.2, 0.25) is 5.91 Å². The maximum absolute atomic E-state index is 12.0. The fraction of sp³-hybridized carbons (Fsp3) is 0.917. The van der Waals surface area contributed by atoms with Gasteiger partial charge in [-0.15, -0.1) is 0 Å². The number of rotatable bonds is 3. The molecular formula is C12H22N2O3. The smallest absolute Gasteiger partial charge is 0.240 e. The SMILES string of the molecule is NC1(C(=O)NCC2COCCO2)CCCCC1. The summed E-state index contributed by atoms with van der Waals surface area (Å²) in [6.45, 7) is 2.30. The van der Waals surface area contributed by atoms with Crippen LogP contribution in [0.2, 0.25) is 0 Å². The Labute approximate surface area is 102 Å². The zero-order valence-electron chi connectivity index (χ0n) is 10.2. The van der Waals surface area contributed by atoms with Crippen LogP contribution in [0.15, 0.2) is 0 Å². The lowest BCUT2D eigenvalue weighted by Gasteiger charge is -2.32. The van der Waals surface area contributed by atoms with Crippen LogP contribution in [0.25, 0.3) is 0 Å². The lowest BCUT2D eigenvalue weighted by atomic mass is 9.82. The third kappa shape index (κ3) is 3.40. The Bertz CT molecular complexity index is 258. The molecule has 98 valence electrons. The van der Waals surface area contributed by atoms with Gasteiger partial charge < -0.3 is 20.5 Å². The van der Waals surface area contributed by atoms with E-state index in [1.54, 1.807) is 0 Å². The van der Waals surface area contributed by atoms with Crippen LogP contribution in [0.1, 0.15) is 32.1 Å². The molecule has 3 N–H and O–H groups in total. The van der Waals surface area contributed by atoms with Gasteiger partial charge in [0, 0.05) is 6.54 Å². The van der Waals surface area contributed by atoms with E-state index in [0.29, 0.717) is 26.4 Å². The second-order valence-electron chi connectivity index (χ2n) is 4.99. The van der Waals surface area contributed by atoms with E-state index in [4.69, 9.17) is 15.2 Å². The summed E-state index contributed by atoms with van der Waals surface area (Å²) in [5.74, 6) is -0.0358. The van der Waals surface area contributed by atoms with Gasteiger partial charge in [0.15, 0.2) is 0 Å². The Morgan fingerprint density at radius 1 is 1.29 bits per heavy atom. The third-order valence-electron chi connectivity index (χ3n) is 3.57. The average Bonchev–Trinajstić information content (AvgIpc) is 2.38. The van der Waals surface area contributed by atoms with Crippen molar-refractivity contribution < 1.29 is 14.3 Å². The largest absolute Gasteiger partial charge is 0.376 e. The molecule has 0 spiro atoms. The van der Waals surface area contributed by atoms with Gasteiger partial charge in [-0.1, -0.05) is 19.3 Å². The van der Waals surface area contributed by atoms with Crippen LogP contribution in [-0.2, 0) is 14.3 Å². The highest BCUT2D eigenvalue weighted by molar-refractivity contribution is 5.86. The number of nitrogens with two attached hydrogens (primary N) is 1. The summed E-state index contributed by atoms with van der Waals surface area (Å²) < 4.78 is 10.7. The predicted molar refractivity (Wildman–Crippen MR) is 63.6 cm³/mol. The standard InChI is InChI=1S/C12H22N2O3/c13-12(4-2-1-3-5-12)11(15)14-8-10-9-16-6-7-17-10/h10H,1-9,13H2,(H,14,15). The molecule has 1 amide bonds. The Morgan fingerprint density at radius 3 is 2.71 bits per heavy atom. The number of hydrogen-bond donors (Lipinski definition) is 2. The van der Waals surface area contributed by atoms with Crippen LogP contribution in [-0.4, -0.2) is 43.9 Å². The van der Waals surface area contributed by atoms with E-state index in [2.05, 4.69) is 5.32 Å². The molecule has 1 unspecified atom stereocenters. The number of carbonyl (C=O) groups excluding carboxylic acids is 1. The minimum atomic E-state index is -0.659. The molecule has 2 fully saturated rings. The molecule has 0 aromatic heterocycles. The summed E-state index contributed by atoms with van der Waals surface area (Å²) >= 11 is 0. The molecular weight excluding hydrogens is 220 g/mol. The second kappa shape index (κ2) is 5.80. The van der Waals surface area contributed by atoms with Crippen molar-refractivity contribution in [3.05, 3.63) is 0 Å². The molecule has 5 nitrogen and oxygen atoms in total. The number of nitrogens with one attached hydrogen (secondary N) is 1. The van der Waals surface area contributed by atoms with Crippen molar-refractivity contribution in [2.24, 2.45) is 5.73 Å². The van der Waals surface area contributed by atoms with Gasteiger partial charge in [0.1, 0.15) is 0 Å². The topological polar surface area (TPSA) is 73.6 Å². The van der Waals surface area contributed by atoms with Crippen molar-refractivity contribution in [1.29, 1.82) is 0 Å². The summed E-state index contributed by atoms with van der Waals surface area (Å²) in [6.07, 6.45) is 4.84. The first-order chi connectivity index (χ1) is 8.21. The summed E-state index contributed by atoms with van der Waals surface area (Å²) in [5, 5.41) is 2.89. The van der Waals surface area contributed by atoms with Crippen molar-refractivity contribution in [2.45, 2.75) is 43.7 Å². The zero-order chi connectivity index (χ0) is 12.1. The fourth-order valence-electron chi connectivity index (χ4n) is 2.45. The van der Waals surface area contributed by atoms with E-state index in [1.807, 2.05) is 0 Å². The molecule has 0 aromatic rings. The van der Waals surface area contributed by atoms with Gasteiger partial charge in [-0.3, -0.25) is 4.79 Å². The highest BCUT2D eigenvalue weighted by Gasteiger charge is 2.35. The molecule has 1 aliphatic heterocycles. The second-order valence-corrected chi connectivity index (χ2v) is 4.99. The van der Waals surface area contributed by atoms with E-state index < -0.39 is 5.54 Å². The minimum Gasteiger partial charge on any atom is -0.376 e. The quantitative estimate of drug-likeness (QED) is 0.740. The maximum atomic E-state index is 12.0. The summed E-state index contributed by atoms with van der Waals surface area (Å²) in [6, 6.07) is 0. The third-order valence-corrected chi connectivity index (χ3v) is 3.57. The number of ether oxygens (including phenoxy) is 2. The van der Waals surface area contributed by atoms with Crippen molar-refractivity contribution in [2.75, 3.05) is 26.4 Å². The van der Waals surface area contributed by atoms with Crippen LogP contribution in [0.5, 0.6) is 0 Å². The first kappa shape index (κ1) is 12.8. The van der Waals surface area contributed by atoms with Crippen LogP contribution in [0, 0.1) is 0 Å². The van der Waals surface area contributed by atoms with Gasteiger partial charge >= 0.3 is 0 Å². The zero-order valence-corrected chi connectivity index (χ0v) is 10.2. The molecule has 1 saturated carbocycles. The molecule has 1 atom stereocenters. The molecule has 1 saturated heterocycles. The van der Waals surface area contributed by atoms with Crippen molar-refractivity contribution in [1.82, 2.24) is 5.32 Å². The number of amides is 1. The summed E-state index contributed by atoms with van der Waals surface area (Å²) in [7, 11) is 0. The van der Waals surface area contributed by atoms with E-state index in [-0.39, 0.29) is 12.0 Å². The van der Waals surface area contributed by atoms with Gasteiger partial charge in [0.25, 0.3) is 0 Å². The molecule has 0 radical (unpaired) electrons. The molecule has 0 aromatic carbocycles. The summed E-state index contributed by atoms with van der Waals surface area (Å²) in [5.41, 5.74) is 5.48. The van der Waals surface area contributed by atoms with Gasteiger partial charge in [-0.05, 0) is 12.8 Å². The summed E-state index contributed by atoms with van der Waals surface area (Å²) in [4.78, 5) is 12.0. The molecule has 17 heavy (non-hydrogen) atoms. The Hall–Kier alpha value is -0.650. The van der Waals surface area contributed by atoms with Crippen molar-refractivity contribution in [3.8, 4) is 0 Å². The minimum absolute atomic E-state index is 0.0279. The Morgan fingerprint density at radius 2 is 2.06 bits per heavy atom. The van der Waals surface area contributed by atoms with Crippen molar-refractivity contribution >= 4 is 5.91 Å². The molecule has 0 bridgehead atoms.